The highest BCUT2D eigenvalue weighted by Gasteiger charge is 2.12. The van der Waals surface area contributed by atoms with Gasteiger partial charge in [0.25, 0.3) is 5.91 Å². The van der Waals surface area contributed by atoms with Crippen molar-refractivity contribution in [2.45, 2.75) is 6.54 Å². The summed E-state index contributed by atoms with van der Waals surface area (Å²) in [6, 6.07) is 20.1. The van der Waals surface area contributed by atoms with Crippen molar-refractivity contribution >= 4 is 39.9 Å². The van der Waals surface area contributed by atoms with E-state index < -0.39 is 11.9 Å². The first-order valence-corrected chi connectivity index (χ1v) is 10.8. The first-order valence-electron chi connectivity index (χ1n) is 10.8. The van der Waals surface area contributed by atoms with Crippen LogP contribution in [0.1, 0.15) is 21.9 Å². The van der Waals surface area contributed by atoms with Crippen LogP contribution in [-0.2, 0) is 11.3 Å². The molecule has 0 spiro atoms. The average Bonchev–Trinajstić information content (AvgIpc) is 3.48. The Morgan fingerprint density at radius 1 is 1.09 bits per heavy atom. The second kappa shape index (κ2) is 9.52. The lowest BCUT2D eigenvalue weighted by Gasteiger charge is -2.07. The van der Waals surface area contributed by atoms with Crippen molar-refractivity contribution in [2.24, 2.45) is 5.10 Å². The number of rotatable bonds is 8. The van der Waals surface area contributed by atoms with E-state index in [0.29, 0.717) is 23.6 Å². The summed E-state index contributed by atoms with van der Waals surface area (Å²) in [5.41, 5.74) is 4.87. The number of hydrogen-bond acceptors (Lipinski definition) is 6. The molecule has 0 aliphatic carbocycles. The number of fused-ring (bicyclic) bond motifs is 2. The number of pyridine rings is 1. The maximum Gasteiger partial charge on any atom is 0.371 e. The van der Waals surface area contributed by atoms with Crippen LogP contribution in [-0.4, -0.2) is 39.4 Å². The van der Waals surface area contributed by atoms with Crippen molar-refractivity contribution in [3.05, 3.63) is 96.2 Å². The van der Waals surface area contributed by atoms with Crippen molar-refractivity contribution in [1.29, 1.82) is 0 Å². The Labute approximate surface area is 199 Å². The van der Waals surface area contributed by atoms with Crippen LogP contribution < -0.4 is 10.2 Å². The third-order valence-corrected chi connectivity index (χ3v) is 5.37. The number of benzene rings is 2. The lowest BCUT2D eigenvalue weighted by atomic mass is 10.2. The van der Waals surface area contributed by atoms with Gasteiger partial charge in [0.15, 0.2) is 6.61 Å². The minimum Gasteiger partial charge on any atom is -0.481 e. The van der Waals surface area contributed by atoms with Crippen molar-refractivity contribution in [2.75, 3.05) is 6.61 Å². The molecule has 9 nitrogen and oxygen atoms in total. The number of hydrazone groups is 1. The van der Waals surface area contributed by atoms with E-state index in [-0.39, 0.29) is 12.4 Å². The number of aromatic nitrogens is 2. The Hall–Kier alpha value is -4.92. The lowest BCUT2D eigenvalue weighted by Crippen LogP contribution is -2.24. The van der Waals surface area contributed by atoms with Gasteiger partial charge in [0.05, 0.1) is 12.8 Å². The molecule has 0 aliphatic rings. The van der Waals surface area contributed by atoms with Gasteiger partial charge >= 0.3 is 5.97 Å². The van der Waals surface area contributed by atoms with E-state index in [1.807, 2.05) is 59.3 Å². The fraction of sp³-hybridized carbons (Fsp3) is 0.0769. The highest BCUT2D eigenvalue weighted by molar-refractivity contribution is 5.99. The number of furan rings is 1. The summed E-state index contributed by atoms with van der Waals surface area (Å²) in [4.78, 5) is 27.7. The molecule has 3 heterocycles. The second-order valence-corrected chi connectivity index (χ2v) is 7.71. The van der Waals surface area contributed by atoms with E-state index in [4.69, 9.17) is 14.3 Å². The average molecular weight is 468 g/mol. The van der Waals surface area contributed by atoms with E-state index >= 15 is 0 Å². The number of carbonyl (C=O) groups is 2. The van der Waals surface area contributed by atoms with Crippen LogP contribution in [0, 0.1) is 0 Å². The van der Waals surface area contributed by atoms with Crippen molar-refractivity contribution in [3.8, 4) is 5.75 Å². The SMILES string of the molecule is O=C(COc1cccc2cccnc12)N/N=C\c1cn(Cc2ccc(C(=O)O)o2)c2ccccc12. The van der Waals surface area contributed by atoms with E-state index in [0.717, 1.165) is 21.9 Å². The van der Waals surface area contributed by atoms with Crippen molar-refractivity contribution in [1.82, 2.24) is 15.0 Å². The van der Waals surface area contributed by atoms with E-state index in [1.165, 1.54) is 6.07 Å². The topological polar surface area (TPSA) is 119 Å². The van der Waals surface area contributed by atoms with Crippen LogP contribution in [0.15, 0.2) is 88.6 Å². The highest BCUT2D eigenvalue weighted by Crippen LogP contribution is 2.23. The number of para-hydroxylation sites is 2. The largest absolute Gasteiger partial charge is 0.481 e. The van der Waals surface area contributed by atoms with E-state index in [9.17, 15) is 9.59 Å². The molecule has 5 aromatic rings. The zero-order chi connectivity index (χ0) is 24.2. The Morgan fingerprint density at radius 3 is 2.80 bits per heavy atom. The Bertz CT molecular complexity index is 1560. The van der Waals surface area contributed by atoms with Gasteiger partial charge in [0.1, 0.15) is 17.0 Å². The summed E-state index contributed by atoms with van der Waals surface area (Å²) in [6.07, 6.45) is 5.09. The molecule has 0 saturated carbocycles. The Balaban J connectivity index is 1.26. The molecule has 0 unspecified atom stereocenters. The molecule has 0 aliphatic heterocycles. The third-order valence-electron chi connectivity index (χ3n) is 5.37. The summed E-state index contributed by atoms with van der Waals surface area (Å²) in [6.45, 7) is 0.139. The minimum absolute atomic E-state index is 0.109. The summed E-state index contributed by atoms with van der Waals surface area (Å²) < 4.78 is 12.9. The van der Waals surface area contributed by atoms with E-state index in [2.05, 4.69) is 15.5 Å². The van der Waals surface area contributed by atoms with Gasteiger partial charge in [-0.2, -0.15) is 5.10 Å². The Morgan fingerprint density at radius 2 is 1.94 bits per heavy atom. The van der Waals surface area contributed by atoms with Crippen LogP contribution in [0.25, 0.3) is 21.8 Å². The molecule has 174 valence electrons. The molecule has 0 radical (unpaired) electrons. The van der Waals surface area contributed by atoms with Gasteiger partial charge in [-0.1, -0.05) is 36.4 Å². The van der Waals surface area contributed by atoms with Crippen LogP contribution in [0.5, 0.6) is 5.75 Å². The molecule has 3 aromatic heterocycles. The smallest absolute Gasteiger partial charge is 0.371 e. The number of ether oxygens (including phenoxy) is 1. The molecule has 5 rings (SSSR count). The molecule has 0 fully saturated rings. The summed E-state index contributed by atoms with van der Waals surface area (Å²) in [5.74, 6) is -0.593. The number of nitrogens with one attached hydrogen (secondary N) is 1. The maximum absolute atomic E-state index is 12.3. The number of carbonyl (C=O) groups excluding carboxylic acids is 1. The second-order valence-electron chi connectivity index (χ2n) is 7.71. The lowest BCUT2D eigenvalue weighted by molar-refractivity contribution is -0.123. The molecular weight excluding hydrogens is 448 g/mol. The van der Waals surface area contributed by atoms with Crippen molar-refractivity contribution in [3.63, 3.8) is 0 Å². The molecular formula is C26H20N4O5. The van der Waals surface area contributed by atoms with E-state index in [1.54, 1.807) is 24.5 Å². The fourth-order valence-corrected chi connectivity index (χ4v) is 3.80. The number of nitrogens with zero attached hydrogens (tertiary/aromatic N) is 3. The molecule has 2 aromatic carbocycles. The zero-order valence-electron chi connectivity index (χ0n) is 18.4. The first-order chi connectivity index (χ1) is 17.1. The van der Waals surface area contributed by atoms with Gasteiger partial charge in [-0.3, -0.25) is 9.78 Å². The molecule has 0 saturated heterocycles. The van der Waals surface area contributed by atoms with Gasteiger partial charge < -0.3 is 18.8 Å². The quantitative estimate of drug-likeness (QED) is 0.262. The molecule has 1 amide bonds. The van der Waals surface area contributed by atoms with Crippen LogP contribution in [0.4, 0.5) is 0 Å². The summed E-state index contributed by atoms with van der Waals surface area (Å²) >= 11 is 0. The first kappa shape index (κ1) is 21.9. The van der Waals surface area contributed by atoms with Crippen LogP contribution in [0.3, 0.4) is 0 Å². The minimum atomic E-state index is -1.11. The normalized spacial score (nSPS) is 11.3. The third kappa shape index (κ3) is 4.74. The molecule has 9 heteroatoms. The van der Waals surface area contributed by atoms with Crippen LogP contribution in [0.2, 0.25) is 0 Å². The predicted octanol–water partition coefficient (Wildman–Crippen LogP) is 4.06. The molecule has 0 atom stereocenters. The number of carboxylic acids is 1. The number of aromatic carboxylic acids is 1. The number of amides is 1. The zero-order valence-corrected chi connectivity index (χ0v) is 18.4. The maximum atomic E-state index is 12.3. The van der Waals surface area contributed by atoms with Crippen molar-refractivity contribution < 1.29 is 23.8 Å². The molecule has 35 heavy (non-hydrogen) atoms. The summed E-state index contributed by atoms with van der Waals surface area (Å²) in [7, 11) is 0. The molecule has 2 N–H and O–H groups in total. The van der Waals surface area contributed by atoms with Gasteiger partial charge in [0.2, 0.25) is 5.76 Å². The Kier molecular flexibility index (Phi) is 5.96. The van der Waals surface area contributed by atoms with Gasteiger partial charge in [-0.05, 0) is 30.3 Å². The van der Waals surface area contributed by atoms with Gasteiger partial charge in [-0.25, -0.2) is 10.2 Å². The standard InChI is InChI=1S/C26H20N4O5/c31-24(16-34-22-9-3-5-17-6-4-12-27-25(17)22)29-28-13-18-14-30(21-8-2-1-7-20(18)21)15-19-10-11-23(35-19)26(32)33/h1-14H,15-16H2,(H,29,31)(H,32,33)/b28-13-. The predicted molar refractivity (Wildman–Crippen MR) is 130 cm³/mol. The molecule has 0 bridgehead atoms. The fourth-order valence-electron chi connectivity index (χ4n) is 3.80. The monoisotopic (exact) mass is 468 g/mol. The number of carboxylic acid groups (broad SMARTS) is 1. The van der Waals surface area contributed by atoms with Gasteiger partial charge in [0, 0.05) is 34.2 Å². The van der Waals surface area contributed by atoms with Crippen LogP contribution >= 0.6 is 0 Å². The summed E-state index contributed by atoms with van der Waals surface area (Å²) in [5, 5.41) is 15.0. The highest BCUT2D eigenvalue weighted by atomic mass is 16.5. The van der Waals surface area contributed by atoms with Gasteiger partial charge in [-0.15, -0.1) is 0 Å². The number of hydrogen-bond donors (Lipinski definition) is 2.